The van der Waals surface area contributed by atoms with Crippen molar-refractivity contribution >= 4 is 12.2 Å². The molecule has 2 heterocycles. The van der Waals surface area contributed by atoms with Gasteiger partial charge in [-0.1, -0.05) is 30.3 Å². The standard InChI is InChI=1S/C20H29N3O4/c1-20(2,3)27-19(25)22-10-9-16(11-22)21-17-12-23(13-17)18(24)26-14-15-7-5-4-6-8-15/h4-8,16-17,21H,9-14H2,1-3H3/t16-/m1/s1. The molecule has 1 atom stereocenters. The minimum atomic E-state index is -0.475. The Labute approximate surface area is 160 Å². The van der Waals surface area contributed by atoms with Crippen molar-refractivity contribution in [3.8, 4) is 0 Å². The molecular formula is C20H29N3O4. The Morgan fingerprint density at radius 1 is 1.04 bits per heavy atom. The number of nitrogens with zero attached hydrogens (tertiary/aromatic N) is 2. The Bertz CT molecular complexity index is 653. The molecule has 2 aliphatic rings. The number of carbonyl (C=O) groups is 2. The molecular weight excluding hydrogens is 346 g/mol. The number of likely N-dealkylation sites (tertiary alicyclic amines) is 2. The summed E-state index contributed by atoms with van der Waals surface area (Å²) in [6, 6.07) is 10.1. The van der Waals surface area contributed by atoms with Crippen molar-refractivity contribution < 1.29 is 19.1 Å². The van der Waals surface area contributed by atoms with E-state index >= 15 is 0 Å². The third-order valence-electron chi connectivity index (χ3n) is 4.66. The van der Waals surface area contributed by atoms with E-state index in [0.717, 1.165) is 12.0 Å². The summed E-state index contributed by atoms with van der Waals surface area (Å²) in [4.78, 5) is 27.6. The average Bonchev–Trinajstić information content (AvgIpc) is 3.04. The smallest absolute Gasteiger partial charge is 0.410 e. The Hall–Kier alpha value is -2.28. The predicted octanol–water partition coefficient (Wildman–Crippen LogP) is 2.61. The van der Waals surface area contributed by atoms with Gasteiger partial charge in [0.05, 0.1) is 0 Å². The highest BCUT2D eigenvalue weighted by Crippen LogP contribution is 2.18. The first kappa shape index (κ1) is 19.5. The van der Waals surface area contributed by atoms with E-state index < -0.39 is 5.60 Å². The van der Waals surface area contributed by atoms with Crippen molar-refractivity contribution in [3.05, 3.63) is 35.9 Å². The lowest BCUT2D eigenvalue weighted by atomic mass is 10.1. The van der Waals surface area contributed by atoms with Crippen molar-refractivity contribution in [2.45, 2.75) is 51.5 Å². The molecule has 2 fully saturated rings. The topological polar surface area (TPSA) is 71.1 Å². The molecule has 27 heavy (non-hydrogen) atoms. The van der Waals surface area contributed by atoms with Crippen LogP contribution >= 0.6 is 0 Å². The second kappa shape index (κ2) is 8.17. The van der Waals surface area contributed by atoms with Gasteiger partial charge in [0.25, 0.3) is 0 Å². The van der Waals surface area contributed by atoms with E-state index in [1.165, 1.54) is 0 Å². The van der Waals surface area contributed by atoms with Gasteiger partial charge < -0.3 is 24.6 Å². The number of ether oxygens (including phenoxy) is 2. The van der Waals surface area contributed by atoms with Crippen LogP contribution in [0.15, 0.2) is 30.3 Å². The Balaban J connectivity index is 1.33. The van der Waals surface area contributed by atoms with Crippen LogP contribution in [0.25, 0.3) is 0 Å². The lowest BCUT2D eigenvalue weighted by Crippen LogP contribution is -2.62. The van der Waals surface area contributed by atoms with Gasteiger partial charge in [0.2, 0.25) is 0 Å². The maximum atomic E-state index is 12.1. The summed E-state index contributed by atoms with van der Waals surface area (Å²) < 4.78 is 10.8. The molecule has 0 radical (unpaired) electrons. The molecule has 2 amide bonds. The summed E-state index contributed by atoms with van der Waals surface area (Å²) in [6.45, 7) is 8.52. The molecule has 0 saturated carbocycles. The zero-order valence-corrected chi connectivity index (χ0v) is 16.3. The zero-order valence-electron chi connectivity index (χ0n) is 16.3. The fourth-order valence-corrected chi connectivity index (χ4v) is 3.27. The highest BCUT2D eigenvalue weighted by atomic mass is 16.6. The van der Waals surface area contributed by atoms with E-state index in [4.69, 9.17) is 9.47 Å². The number of hydrogen-bond acceptors (Lipinski definition) is 5. The molecule has 2 saturated heterocycles. The fraction of sp³-hybridized carbons (Fsp3) is 0.600. The molecule has 1 N–H and O–H groups in total. The molecule has 0 aliphatic carbocycles. The molecule has 0 bridgehead atoms. The van der Waals surface area contributed by atoms with Crippen LogP contribution in [0.2, 0.25) is 0 Å². The van der Waals surface area contributed by atoms with Crippen LogP contribution in [0.1, 0.15) is 32.8 Å². The molecule has 148 valence electrons. The average molecular weight is 375 g/mol. The number of amides is 2. The number of benzene rings is 1. The molecule has 7 nitrogen and oxygen atoms in total. The number of nitrogens with one attached hydrogen (secondary N) is 1. The zero-order chi connectivity index (χ0) is 19.4. The van der Waals surface area contributed by atoms with E-state index in [2.05, 4.69) is 5.32 Å². The Kier molecular flexibility index (Phi) is 5.89. The van der Waals surface area contributed by atoms with Crippen LogP contribution in [0.3, 0.4) is 0 Å². The summed E-state index contributed by atoms with van der Waals surface area (Å²) in [5.41, 5.74) is 0.506. The van der Waals surface area contributed by atoms with E-state index in [1.54, 1.807) is 9.80 Å². The third-order valence-corrected chi connectivity index (χ3v) is 4.66. The molecule has 0 spiro atoms. The van der Waals surface area contributed by atoms with Crippen LogP contribution in [-0.2, 0) is 16.1 Å². The van der Waals surface area contributed by atoms with Gasteiger partial charge in [-0.2, -0.15) is 0 Å². The molecule has 1 aromatic carbocycles. The van der Waals surface area contributed by atoms with Crippen molar-refractivity contribution in [1.29, 1.82) is 0 Å². The van der Waals surface area contributed by atoms with E-state index in [-0.39, 0.29) is 24.3 Å². The maximum absolute atomic E-state index is 12.1. The predicted molar refractivity (Wildman–Crippen MR) is 101 cm³/mol. The summed E-state index contributed by atoms with van der Waals surface area (Å²) >= 11 is 0. The minimum absolute atomic E-state index is 0.241. The van der Waals surface area contributed by atoms with Gasteiger partial charge in [0.1, 0.15) is 12.2 Å². The Morgan fingerprint density at radius 2 is 1.70 bits per heavy atom. The van der Waals surface area contributed by atoms with Crippen LogP contribution in [0.5, 0.6) is 0 Å². The van der Waals surface area contributed by atoms with E-state index in [9.17, 15) is 9.59 Å². The molecule has 1 aromatic rings. The van der Waals surface area contributed by atoms with E-state index in [0.29, 0.717) is 32.8 Å². The first-order valence-electron chi connectivity index (χ1n) is 9.50. The van der Waals surface area contributed by atoms with Crippen LogP contribution < -0.4 is 5.32 Å². The number of rotatable bonds is 4. The lowest BCUT2D eigenvalue weighted by molar-refractivity contribution is 0.0287. The van der Waals surface area contributed by atoms with E-state index in [1.807, 2.05) is 51.1 Å². The fourth-order valence-electron chi connectivity index (χ4n) is 3.27. The van der Waals surface area contributed by atoms with Crippen molar-refractivity contribution in [3.63, 3.8) is 0 Å². The quantitative estimate of drug-likeness (QED) is 0.876. The molecule has 7 heteroatoms. The highest BCUT2D eigenvalue weighted by Gasteiger charge is 2.36. The summed E-state index contributed by atoms with van der Waals surface area (Å²) in [5, 5.41) is 3.52. The molecule has 3 rings (SSSR count). The van der Waals surface area contributed by atoms with Crippen LogP contribution in [0, 0.1) is 0 Å². The summed E-state index contributed by atoms with van der Waals surface area (Å²) in [7, 11) is 0. The number of hydrogen-bond donors (Lipinski definition) is 1. The van der Waals surface area contributed by atoms with Crippen LogP contribution in [-0.4, -0.2) is 65.9 Å². The molecule has 0 aromatic heterocycles. The maximum Gasteiger partial charge on any atom is 0.410 e. The SMILES string of the molecule is CC(C)(C)OC(=O)N1CC[C@@H](NC2CN(C(=O)OCc3ccccc3)C2)C1. The third kappa shape index (κ3) is 5.60. The first-order valence-corrected chi connectivity index (χ1v) is 9.50. The second-order valence-corrected chi connectivity index (χ2v) is 8.22. The Morgan fingerprint density at radius 3 is 2.37 bits per heavy atom. The van der Waals surface area contributed by atoms with Gasteiger partial charge in [0, 0.05) is 38.3 Å². The highest BCUT2D eigenvalue weighted by molar-refractivity contribution is 5.69. The first-order chi connectivity index (χ1) is 12.8. The minimum Gasteiger partial charge on any atom is -0.445 e. The molecule has 2 aliphatic heterocycles. The van der Waals surface area contributed by atoms with Gasteiger partial charge in [-0.25, -0.2) is 9.59 Å². The number of carbonyl (C=O) groups excluding carboxylic acids is 2. The van der Waals surface area contributed by atoms with Gasteiger partial charge >= 0.3 is 12.2 Å². The normalized spacial score (nSPS) is 20.3. The van der Waals surface area contributed by atoms with Crippen molar-refractivity contribution in [1.82, 2.24) is 15.1 Å². The summed E-state index contributed by atoms with van der Waals surface area (Å²) in [6.07, 6.45) is 0.360. The monoisotopic (exact) mass is 375 g/mol. The summed E-state index contributed by atoms with van der Waals surface area (Å²) in [5.74, 6) is 0. The van der Waals surface area contributed by atoms with Crippen LogP contribution in [0.4, 0.5) is 9.59 Å². The molecule has 0 unspecified atom stereocenters. The van der Waals surface area contributed by atoms with Gasteiger partial charge in [-0.3, -0.25) is 0 Å². The second-order valence-electron chi connectivity index (χ2n) is 8.22. The van der Waals surface area contributed by atoms with Crippen molar-refractivity contribution in [2.75, 3.05) is 26.2 Å². The van der Waals surface area contributed by atoms with Gasteiger partial charge in [0.15, 0.2) is 0 Å². The van der Waals surface area contributed by atoms with Gasteiger partial charge in [-0.15, -0.1) is 0 Å². The van der Waals surface area contributed by atoms with Gasteiger partial charge in [-0.05, 0) is 32.8 Å². The largest absolute Gasteiger partial charge is 0.445 e. The van der Waals surface area contributed by atoms with Crippen molar-refractivity contribution in [2.24, 2.45) is 0 Å². The lowest BCUT2D eigenvalue weighted by Gasteiger charge is -2.40.